The van der Waals surface area contributed by atoms with E-state index in [1.165, 1.54) is 5.56 Å². The molecule has 0 saturated heterocycles. The van der Waals surface area contributed by atoms with Crippen molar-refractivity contribution >= 4 is 21.7 Å². The topological polar surface area (TPSA) is 26.3 Å². The van der Waals surface area contributed by atoms with Crippen LogP contribution in [0.4, 0.5) is 0 Å². The quantitative estimate of drug-likeness (QED) is 0.786. The lowest BCUT2D eigenvalue weighted by Crippen LogP contribution is -2.04. The smallest absolute Gasteiger partial charge is 0.147 e. The van der Waals surface area contributed by atoms with Crippen molar-refractivity contribution in [2.45, 2.75) is 31.5 Å². The normalized spacial score (nSPS) is 12.6. The number of rotatable bonds is 4. The summed E-state index contributed by atoms with van der Waals surface area (Å²) in [7, 11) is 1.63. The highest BCUT2D eigenvalue weighted by Gasteiger charge is 2.17. The van der Waals surface area contributed by atoms with Crippen LogP contribution in [0.15, 0.2) is 18.2 Å². The predicted octanol–water partition coefficient (Wildman–Crippen LogP) is 3.84. The lowest BCUT2D eigenvalue weighted by molar-refractivity contribution is -0.116. The maximum absolute atomic E-state index is 11.3. The van der Waals surface area contributed by atoms with Crippen LogP contribution in [0, 0.1) is 0 Å². The van der Waals surface area contributed by atoms with E-state index in [1.807, 2.05) is 18.2 Å². The van der Waals surface area contributed by atoms with Crippen LogP contribution >= 0.6 is 15.9 Å². The molecule has 0 aliphatic heterocycles. The van der Waals surface area contributed by atoms with Crippen LogP contribution in [-0.2, 0) is 4.79 Å². The summed E-state index contributed by atoms with van der Waals surface area (Å²) in [5, 5.41) is 0. The Morgan fingerprint density at radius 3 is 2.44 bits per heavy atom. The Bertz CT molecular complexity index is 386. The minimum Gasteiger partial charge on any atom is -0.496 e. The molecule has 16 heavy (non-hydrogen) atoms. The maximum Gasteiger partial charge on any atom is 0.147 e. The molecule has 0 spiro atoms. The number of carbonyl (C=O) groups excluding carboxylic acids is 1. The molecule has 0 aliphatic rings. The van der Waals surface area contributed by atoms with Crippen LogP contribution in [0.1, 0.15) is 42.6 Å². The van der Waals surface area contributed by atoms with Gasteiger partial charge < -0.3 is 4.74 Å². The van der Waals surface area contributed by atoms with Gasteiger partial charge in [0.1, 0.15) is 16.4 Å². The van der Waals surface area contributed by atoms with Crippen LogP contribution in [0.3, 0.4) is 0 Å². The number of hydrogen-bond donors (Lipinski definition) is 0. The summed E-state index contributed by atoms with van der Waals surface area (Å²) < 4.78 is 5.33. The molecule has 0 heterocycles. The summed E-state index contributed by atoms with van der Waals surface area (Å²) in [5.41, 5.74) is 2.10. The van der Waals surface area contributed by atoms with Gasteiger partial charge in [0.05, 0.1) is 7.11 Å². The van der Waals surface area contributed by atoms with E-state index < -0.39 is 0 Å². The number of Topliss-reactive ketones (excluding diaryl/α,β-unsaturated/α-hetero) is 1. The van der Waals surface area contributed by atoms with Gasteiger partial charge in [0, 0.05) is 5.56 Å². The predicted molar refractivity (Wildman–Crippen MR) is 69.4 cm³/mol. The molecular formula is C13H17BrO2. The molecule has 1 atom stereocenters. The third-order valence-electron chi connectivity index (χ3n) is 2.55. The Balaban J connectivity index is 3.16. The molecule has 2 nitrogen and oxygen atoms in total. The number of ether oxygens (including phenoxy) is 1. The Morgan fingerprint density at radius 2 is 2.00 bits per heavy atom. The fraction of sp³-hybridized carbons (Fsp3) is 0.462. The van der Waals surface area contributed by atoms with Gasteiger partial charge in [-0.3, -0.25) is 4.79 Å². The van der Waals surface area contributed by atoms with Gasteiger partial charge in [-0.1, -0.05) is 41.9 Å². The van der Waals surface area contributed by atoms with Crippen LogP contribution in [0.2, 0.25) is 0 Å². The van der Waals surface area contributed by atoms with Gasteiger partial charge in [-0.05, 0) is 24.5 Å². The number of halogens is 1. The Labute approximate surface area is 105 Å². The molecule has 1 rings (SSSR count). The zero-order chi connectivity index (χ0) is 12.3. The van der Waals surface area contributed by atoms with Crippen molar-refractivity contribution in [1.82, 2.24) is 0 Å². The van der Waals surface area contributed by atoms with E-state index in [9.17, 15) is 4.79 Å². The van der Waals surface area contributed by atoms with Gasteiger partial charge >= 0.3 is 0 Å². The molecule has 0 N–H and O–H groups in total. The highest BCUT2D eigenvalue weighted by atomic mass is 79.9. The molecule has 0 amide bonds. The molecular weight excluding hydrogens is 268 g/mol. The van der Waals surface area contributed by atoms with Gasteiger partial charge in [0.25, 0.3) is 0 Å². The molecule has 1 aromatic rings. The van der Waals surface area contributed by atoms with Crippen LogP contribution in [0.25, 0.3) is 0 Å². The van der Waals surface area contributed by atoms with E-state index in [4.69, 9.17) is 4.74 Å². The summed E-state index contributed by atoms with van der Waals surface area (Å²) >= 11 is 3.37. The molecule has 1 unspecified atom stereocenters. The lowest BCUT2D eigenvalue weighted by Gasteiger charge is -2.14. The average Bonchev–Trinajstić information content (AvgIpc) is 2.26. The van der Waals surface area contributed by atoms with Crippen LogP contribution < -0.4 is 4.74 Å². The van der Waals surface area contributed by atoms with Crippen LogP contribution in [-0.4, -0.2) is 12.9 Å². The molecule has 0 aromatic heterocycles. The van der Waals surface area contributed by atoms with E-state index >= 15 is 0 Å². The van der Waals surface area contributed by atoms with Crippen molar-refractivity contribution < 1.29 is 9.53 Å². The summed E-state index contributed by atoms with van der Waals surface area (Å²) in [6.45, 7) is 5.82. The first-order valence-electron chi connectivity index (χ1n) is 5.29. The first kappa shape index (κ1) is 13.2. The molecule has 1 aromatic carbocycles. The Kier molecular flexibility index (Phi) is 4.54. The summed E-state index contributed by atoms with van der Waals surface area (Å²) in [5.74, 6) is 1.30. The third-order valence-corrected chi connectivity index (χ3v) is 3.69. The maximum atomic E-state index is 11.3. The van der Waals surface area contributed by atoms with E-state index in [0.717, 1.165) is 11.3 Å². The monoisotopic (exact) mass is 284 g/mol. The number of carbonyl (C=O) groups is 1. The number of benzene rings is 1. The van der Waals surface area contributed by atoms with Crippen molar-refractivity contribution in [2.75, 3.05) is 7.11 Å². The van der Waals surface area contributed by atoms with Gasteiger partial charge in [-0.2, -0.15) is 0 Å². The second-order valence-corrected chi connectivity index (χ2v) is 5.04. The van der Waals surface area contributed by atoms with E-state index in [1.54, 1.807) is 14.0 Å². The highest BCUT2D eigenvalue weighted by molar-refractivity contribution is 9.09. The van der Waals surface area contributed by atoms with Gasteiger partial charge in [0.2, 0.25) is 0 Å². The van der Waals surface area contributed by atoms with E-state index in [2.05, 4.69) is 29.8 Å². The minimum atomic E-state index is -0.288. The van der Waals surface area contributed by atoms with Crippen molar-refractivity contribution in [3.63, 3.8) is 0 Å². The summed E-state index contributed by atoms with van der Waals surface area (Å²) in [6.07, 6.45) is 0. The Hall–Kier alpha value is -0.830. The molecule has 0 bridgehead atoms. The average molecular weight is 285 g/mol. The standard InChI is InChI=1S/C13H17BrO2/c1-8(2)10-5-6-11(12(7-10)16-4)13(14)9(3)15/h5-8,13H,1-4H3. The van der Waals surface area contributed by atoms with Gasteiger partial charge in [-0.25, -0.2) is 0 Å². The minimum absolute atomic E-state index is 0.0793. The highest BCUT2D eigenvalue weighted by Crippen LogP contribution is 2.33. The molecule has 0 fully saturated rings. The SMILES string of the molecule is COc1cc(C(C)C)ccc1C(Br)C(C)=O. The van der Waals surface area contributed by atoms with Gasteiger partial charge in [0.15, 0.2) is 0 Å². The number of ketones is 1. The first-order chi connectivity index (χ1) is 7.47. The third kappa shape index (κ3) is 2.85. The van der Waals surface area contributed by atoms with Crippen molar-refractivity contribution in [3.05, 3.63) is 29.3 Å². The van der Waals surface area contributed by atoms with Gasteiger partial charge in [-0.15, -0.1) is 0 Å². The second kappa shape index (κ2) is 5.48. The number of methoxy groups -OCH3 is 1. The largest absolute Gasteiger partial charge is 0.496 e. The van der Waals surface area contributed by atoms with Crippen LogP contribution in [0.5, 0.6) is 5.75 Å². The molecule has 88 valence electrons. The van der Waals surface area contributed by atoms with E-state index in [-0.39, 0.29) is 10.6 Å². The molecule has 3 heteroatoms. The Morgan fingerprint density at radius 1 is 1.38 bits per heavy atom. The van der Waals surface area contributed by atoms with Crippen molar-refractivity contribution in [1.29, 1.82) is 0 Å². The summed E-state index contributed by atoms with van der Waals surface area (Å²) in [4.78, 5) is 11.0. The summed E-state index contributed by atoms with van der Waals surface area (Å²) in [6, 6.07) is 5.99. The van der Waals surface area contributed by atoms with Crippen molar-refractivity contribution in [2.24, 2.45) is 0 Å². The fourth-order valence-corrected chi connectivity index (χ4v) is 1.89. The number of alkyl halides is 1. The van der Waals surface area contributed by atoms with Crippen molar-refractivity contribution in [3.8, 4) is 5.75 Å². The molecule has 0 saturated carbocycles. The fourth-order valence-electron chi connectivity index (χ4n) is 1.52. The molecule has 0 aliphatic carbocycles. The zero-order valence-electron chi connectivity index (χ0n) is 10.1. The van der Waals surface area contributed by atoms with E-state index in [0.29, 0.717) is 5.92 Å². The second-order valence-electron chi connectivity index (χ2n) is 4.13. The lowest BCUT2D eigenvalue weighted by atomic mass is 9.99. The first-order valence-corrected chi connectivity index (χ1v) is 6.21. The zero-order valence-corrected chi connectivity index (χ0v) is 11.7. The number of hydrogen-bond acceptors (Lipinski definition) is 2. The molecule has 0 radical (unpaired) electrons.